The lowest BCUT2D eigenvalue weighted by Gasteiger charge is -2.16. The molecular formula is C46H31N5. The van der Waals surface area contributed by atoms with Crippen LogP contribution in [0.4, 0.5) is 0 Å². The molecule has 240 valence electrons. The minimum Gasteiger partial charge on any atom is -0.309 e. The van der Waals surface area contributed by atoms with E-state index in [0.717, 1.165) is 50.1 Å². The van der Waals surface area contributed by atoms with Crippen molar-refractivity contribution in [1.29, 1.82) is 0 Å². The first-order chi connectivity index (χ1) is 25.2. The highest BCUT2D eigenvalue weighted by molar-refractivity contribution is 6.10. The first-order valence-corrected chi connectivity index (χ1v) is 17.2. The van der Waals surface area contributed by atoms with Gasteiger partial charge in [0.05, 0.1) is 22.1 Å². The van der Waals surface area contributed by atoms with E-state index in [1.807, 2.05) is 18.2 Å². The number of aryl methyl sites for hydroxylation is 1. The molecule has 0 atom stereocenters. The monoisotopic (exact) mass is 653 g/mol. The fourth-order valence-electron chi connectivity index (χ4n) is 7.44. The number of para-hydroxylation sites is 4. The van der Waals surface area contributed by atoms with Crippen LogP contribution in [0, 0.1) is 6.92 Å². The molecule has 0 aliphatic carbocycles. The van der Waals surface area contributed by atoms with Crippen LogP contribution < -0.4 is 0 Å². The molecule has 0 unspecified atom stereocenters. The Morgan fingerprint density at radius 3 is 1.12 bits per heavy atom. The summed E-state index contributed by atoms with van der Waals surface area (Å²) in [6.45, 7) is 2.09. The molecule has 0 saturated heterocycles. The topological polar surface area (TPSA) is 48.5 Å². The van der Waals surface area contributed by atoms with Crippen molar-refractivity contribution in [3.8, 4) is 45.5 Å². The van der Waals surface area contributed by atoms with E-state index in [1.54, 1.807) is 0 Å². The zero-order valence-electron chi connectivity index (χ0n) is 27.9. The Labute approximate surface area is 294 Å². The lowest BCUT2D eigenvalue weighted by atomic mass is 10.1. The molecule has 0 aliphatic rings. The highest BCUT2D eigenvalue weighted by Gasteiger charge is 2.19. The summed E-state index contributed by atoms with van der Waals surface area (Å²) in [5.41, 5.74) is 10.6. The van der Waals surface area contributed by atoms with Crippen LogP contribution in [0.15, 0.2) is 170 Å². The van der Waals surface area contributed by atoms with Gasteiger partial charge in [0.15, 0.2) is 17.5 Å². The summed E-state index contributed by atoms with van der Waals surface area (Å²) in [4.78, 5) is 15.4. The number of fused-ring (bicyclic) bond motifs is 6. The summed E-state index contributed by atoms with van der Waals surface area (Å²) in [7, 11) is 0. The molecule has 0 amide bonds. The summed E-state index contributed by atoms with van der Waals surface area (Å²) in [5.74, 6) is 1.89. The van der Waals surface area contributed by atoms with Crippen molar-refractivity contribution >= 4 is 43.6 Å². The quantitative estimate of drug-likeness (QED) is 0.186. The third-order valence-corrected chi connectivity index (χ3v) is 9.81. The van der Waals surface area contributed by atoms with Crippen molar-refractivity contribution in [3.63, 3.8) is 0 Å². The second-order valence-electron chi connectivity index (χ2n) is 13.0. The van der Waals surface area contributed by atoms with Gasteiger partial charge in [0.2, 0.25) is 0 Å². The zero-order valence-corrected chi connectivity index (χ0v) is 27.9. The number of hydrogen-bond donors (Lipinski definition) is 0. The lowest BCUT2D eigenvalue weighted by molar-refractivity contribution is 1.07. The summed E-state index contributed by atoms with van der Waals surface area (Å²) in [5, 5.41) is 4.85. The summed E-state index contributed by atoms with van der Waals surface area (Å²) >= 11 is 0. The van der Waals surface area contributed by atoms with E-state index < -0.39 is 0 Å². The average Bonchev–Trinajstić information content (AvgIpc) is 3.71. The van der Waals surface area contributed by atoms with Gasteiger partial charge >= 0.3 is 0 Å². The minimum absolute atomic E-state index is 0.615. The molecule has 0 N–H and O–H groups in total. The van der Waals surface area contributed by atoms with Crippen molar-refractivity contribution in [2.24, 2.45) is 0 Å². The van der Waals surface area contributed by atoms with E-state index in [1.165, 1.54) is 27.1 Å². The van der Waals surface area contributed by atoms with Gasteiger partial charge in [-0.3, -0.25) is 0 Å². The fraction of sp³-hybridized carbons (Fsp3) is 0.0217. The SMILES string of the molecule is Cc1ccc(-c2nc(-c3ccccc3)nc(-c3cc(-n4c5ccccc5c5ccccc54)cc(-n4c5ccccc5c5ccccc54)c3)n2)cc1. The smallest absolute Gasteiger partial charge is 0.164 e. The summed E-state index contributed by atoms with van der Waals surface area (Å²) < 4.78 is 4.73. The van der Waals surface area contributed by atoms with Crippen molar-refractivity contribution in [2.45, 2.75) is 6.92 Å². The van der Waals surface area contributed by atoms with Gasteiger partial charge in [-0.15, -0.1) is 0 Å². The Kier molecular flexibility index (Phi) is 6.64. The van der Waals surface area contributed by atoms with Crippen LogP contribution in [-0.2, 0) is 0 Å². The van der Waals surface area contributed by atoms with Gasteiger partial charge in [0, 0.05) is 49.6 Å². The highest BCUT2D eigenvalue weighted by Crippen LogP contribution is 2.37. The van der Waals surface area contributed by atoms with Gasteiger partial charge < -0.3 is 9.13 Å². The maximum atomic E-state index is 5.18. The molecule has 10 aromatic rings. The molecule has 0 saturated carbocycles. The Hall–Kier alpha value is -6.85. The average molecular weight is 654 g/mol. The zero-order chi connectivity index (χ0) is 33.9. The molecule has 10 rings (SSSR count). The molecule has 0 radical (unpaired) electrons. The van der Waals surface area contributed by atoms with E-state index in [9.17, 15) is 0 Å². The van der Waals surface area contributed by atoms with Gasteiger partial charge in [0.1, 0.15) is 0 Å². The van der Waals surface area contributed by atoms with Crippen LogP contribution in [-0.4, -0.2) is 24.1 Å². The van der Waals surface area contributed by atoms with Gasteiger partial charge in [0.25, 0.3) is 0 Å². The van der Waals surface area contributed by atoms with E-state index in [-0.39, 0.29) is 0 Å². The first-order valence-electron chi connectivity index (χ1n) is 17.2. The summed E-state index contributed by atoms with van der Waals surface area (Å²) in [6.07, 6.45) is 0. The Bertz CT molecular complexity index is 2680. The van der Waals surface area contributed by atoms with Crippen LogP contribution in [0.2, 0.25) is 0 Å². The maximum absolute atomic E-state index is 5.18. The van der Waals surface area contributed by atoms with Crippen molar-refractivity contribution in [3.05, 3.63) is 175 Å². The molecule has 51 heavy (non-hydrogen) atoms. The highest BCUT2D eigenvalue weighted by atomic mass is 15.0. The Balaban J connectivity index is 1.31. The van der Waals surface area contributed by atoms with Crippen LogP contribution in [0.5, 0.6) is 0 Å². The molecule has 3 heterocycles. The normalized spacial score (nSPS) is 11.6. The lowest BCUT2D eigenvalue weighted by Crippen LogP contribution is -2.03. The number of nitrogens with zero attached hydrogens (tertiary/aromatic N) is 5. The standard InChI is InChI=1S/C46H31N5/c1-30-23-25-32(26-24-30)45-47-44(31-13-3-2-4-14-31)48-46(49-45)33-27-34(50-40-19-9-5-15-36(40)37-16-6-10-20-41(37)50)29-35(28-33)51-42-21-11-7-17-38(42)39-18-8-12-22-43(39)51/h2-29H,1H3. The Morgan fingerprint density at radius 1 is 0.333 bits per heavy atom. The molecule has 0 fully saturated rings. The first kappa shape index (κ1) is 29.1. The van der Waals surface area contributed by atoms with Crippen LogP contribution >= 0.6 is 0 Å². The van der Waals surface area contributed by atoms with E-state index in [4.69, 9.17) is 15.0 Å². The van der Waals surface area contributed by atoms with Gasteiger partial charge in [-0.25, -0.2) is 15.0 Å². The van der Waals surface area contributed by atoms with E-state index in [2.05, 4.69) is 168 Å². The predicted molar refractivity (Wildman–Crippen MR) is 210 cm³/mol. The second-order valence-corrected chi connectivity index (χ2v) is 13.0. The number of rotatable bonds is 5. The van der Waals surface area contributed by atoms with E-state index >= 15 is 0 Å². The molecule has 5 heteroatoms. The number of benzene rings is 7. The number of hydrogen-bond acceptors (Lipinski definition) is 3. The fourth-order valence-corrected chi connectivity index (χ4v) is 7.44. The van der Waals surface area contributed by atoms with Gasteiger partial charge in [-0.05, 0) is 49.4 Å². The second kappa shape index (κ2) is 11.6. The van der Waals surface area contributed by atoms with E-state index in [0.29, 0.717) is 17.5 Å². The third kappa shape index (κ3) is 4.82. The van der Waals surface area contributed by atoms with Crippen LogP contribution in [0.3, 0.4) is 0 Å². The molecule has 7 aromatic carbocycles. The van der Waals surface area contributed by atoms with Crippen molar-refractivity contribution < 1.29 is 0 Å². The van der Waals surface area contributed by atoms with Crippen LogP contribution in [0.1, 0.15) is 5.56 Å². The minimum atomic E-state index is 0.615. The van der Waals surface area contributed by atoms with Gasteiger partial charge in [-0.1, -0.05) is 133 Å². The molecule has 0 bridgehead atoms. The van der Waals surface area contributed by atoms with Crippen LogP contribution in [0.25, 0.3) is 89.2 Å². The predicted octanol–water partition coefficient (Wildman–Crippen LogP) is 11.4. The molecular weight excluding hydrogens is 623 g/mol. The molecule has 5 nitrogen and oxygen atoms in total. The molecule has 0 aliphatic heterocycles. The van der Waals surface area contributed by atoms with Crippen molar-refractivity contribution in [2.75, 3.05) is 0 Å². The maximum Gasteiger partial charge on any atom is 0.164 e. The summed E-state index contributed by atoms with van der Waals surface area (Å²) in [6, 6.07) is 59.8. The third-order valence-electron chi connectivity index (χ3n) is 9.81. The van der Waals surface area contributed by atoms with Gasteiger partial charge in [-0.2, -0.15) is 0 Å². The Morgan fingerprint density at radius 2 is 0.686 bits per heavy atom. The van der Waals surface area contributed by atoms with Crippen molar-refractivity contribution in [1.82, 2.24) is 24.1 Å². The largest absolute Gasteiger partial charge is 0.309 e. The molecule has 3 aromatic heterocycles. The number of aromatic nitrogens is 5. The molecule has 0 spiro atoms.